The summed E-state index contributed by atoms with van der Waals surface area (Å²) in [5.74, 6) is 1.45. The predicted octanol–water partition coefficient (Wildman–Crippen LogP) is 3.21. The smallest absolute Gasteiger partial charge is 1.00 e. The third kappa shape index (κ3) is 5.92. The van der Waals surface area contributed by atoms with E-state index in [4.69, 9.17) is 0 Å². The molecule has 0 bridgehead atoms. The molecule has 0 aromatic heterocycles. The van der Waals surface area contributed by atoms with Gasteiger partial charge in [0.2, 0.25) is 0 Å². The van der Waals surface area contributed by atoms with E-state index >= 15 is 0 Å². The predicted molar refractivity (Wildman–Crippen MR) is 127 cm³/mol. The van der Waals surface area contributed by atoms with Crippen LogP contribution in [0.1, 0.15) is 109 Å². The zero-order valence-electron chi connectivity index (χ0n) is 22.2. The fourth-order valence-corrected chi connectivity index (χ4v) is 11.3. The molecule has 31 heavy (non-hydrogen) atoms. The van der Waals surface area contributed by atoms with Gasteiger partial charge in [-0.3, -0.25) is 0 Å². The SMILES string of the molecule is CCC(C)C(C)(C)C1=[C]([Zr+2][C]2=C(C(C)(C)C(C)CC)C(C)=C(C)C2)CC(C)=C1C.[Cl-].[Cl-]. The molecule has 0 spiro atoms. The average molecular weight is 545 g/mol. The van der Waals surface area contributed by atoms with E-state index in [-0.39, 0.29) is 35.6 Å². The van der Waals surface area contributed by atoms with E-state index in [2.05, 4.69) is 83.1 Å². The van der Waals surface area contributed by atoms with Gasteiger partial charge in [0.25, 0.3) is 0 Å². The number of hydrogen-bond acceptors (Lipinski definition) is 0. The van der Waals surface area contributed by atoms with Crippen molar-refractivity contribution < 1.29 is 48.0 Å². The molecule has 0 radical (unpaired) electrons. The summed E-state index contributed by atoms with van der Waals surface area (Å²) in [6.07, 6.45) is 5.03. The van der Waals surface area contributed by atoms with E-state index in [0.717, 1.165) is 11.8 Å². The third-order valence-electron chi connectivity index (χ3n) is 8.80. The molecule has 0 amide bonds. The number of hydrogen-bond donors (Lipinski definition) is 0. The zero-order valence-corrected chi connectivity index (χ0v) is 26.2. The molecule has 0 heterocycles. The Balaban J connectivity index is 0.00000450. The molecule has 2 aliphatic carbocycles. The van der Waals surface area contributed by atoms with Crippen molar-refractivity contribution in [3.8, 4) is 0 Å². The van der Waals surface area contributed by atoms with Gasteiger partial charge >= 0.3 is 195 Å². The summed E-state index contributed by atoms with van der Waals surface area (Å²) < 4.78 is 3.76. The minimum atomic E-state index is -0.778. The molecule has 2 rings (SSSR count). The van der Waals surface area contributed by atoms with Crippen LogP contribution in [0.4, 0.5) is 0 Å². The van der Waals surface area contributed by atoms with Gasteiger partial charge in [-0.05, 0) is 0 Å². The van der Waals surface area contributed by atoms with Gasteiger partial charge in [0.1, 0.15) is 0 Å². The van der Waals surface area contributed by atoms with Crippen LogP contribution in [0.5, 0.6) is 0 Å². The van der Waals surface area contributed by atoms with Gasteiger partial charge in [-0.1, -0.05) is 0 Å². The van der Waals surface area contributed by atoms with Crippen LogP contribution in [0.15, 0.2) is 40.0 Å². The van der Waals surface area contributed by atoms with Gasteiger partial charge in [0, 0.05) is 0 Å². The number of rotatable bonds is 8. The minimum Gasteiger partial charge on any atom is -1.00 e. The average Bonchev–Trinajstić information content (AvgIpc) is 3.09. The second-order valence-electron chi connectivity index (χ2n) is 11.1. The first kappa shape index (κ1) is 31.4. The fraction of sp³-hybridized carbons (Fsp3) is 0.714. The van der Waals surface area contributed by atoms with Crippen LogP contribution in [-0.4, -0.2) is 0 Å². The van der Waals surface area contributed by atoms with Gasteiger partial charge in [-0.15, -0.1) is 0 Å². The van der Waals surface area contributed by atoms with Gasteiger partial charge in [-0.2, -0.15) is 0 Å². The summed E-state index contributed by atoms with van der Waals surface area (Å²) in [4.78, 5) is 0. The molecule has 0 saturated heterocycles. The topological polar surface area (TPSA) is 0 Å². The third-order valence-corrected chi connectivity index (χ3v) is 12.4. The second kappa shape index (κ2) is 11.7. The van der Waals surface area contributed by atoms with Gasteiger partial charge in [0.15, 0.2) is 0 Å². The van der Waals surface area contributed by atoms with E-state index in [1.807, 2.05) is 6.56 Å². The van der Waals surface area contributed by atoms with E-state index in [1.165, 1.54) is 25.7 Å². The van der Waals surface area contributed by atoms with Crippen LogP contribution < -0.4 is 24.8 Å². The Morgan fingerprint density at radius 1 is 0.677 bits per heavy atom. The van der Waals surface area contributed by atoms with E-state index in [0.29, 0.717) is 0 Å². The van der Waals surface area contributed by atoms with Crippen molar-refractivity contribution in [3.05, 3.63) is 40.0 Å². The van der Waals surface area contributed by atoms with Crippen LogP contribution >= 0.6 is 0 Å². The summed E-state index contributed by atoms with van der Waals surface area (Å²) >= 11 is -0.778. The monoisotopic (exact) mass is 542 g/mol. The molecule has 3 heteroatoms. The molecule has 0 N–H and O–H groups in total. The molecule has 176 valence electrons. The first-order valence-electron chi connectivity index (χ1n) is 11.9. The van der Waals surface area contributed by atoms with Crippen molar-refractivity contribution >= 4 is 0 Å². The van der Waals surface area contributed by atoms with E-state index in [9.17, 15) is 0 Å². The Kier molecular flexibility index (Phi) is 11.9. The molecule has 0 aromatic rings. The molecular weight excluding hydrogens is 498 g/mol. The summed E-state index contributed by atoms with van der Waals surface area (Å²) in [5, 5.41) is 0. The summed E-state index contributed by atoms with van der Waals surface area (Å²) in [6, 6.07) is 0. The van der Waals surface area contributed by atoms with Gasteiger partial charge < -0.3 is 24.8 Å². The molecule has 0 aromatic carbocycles. The van der Waals surface area contributed by atoms with Crippen molar-refractivity contribution in [2.45, 2.75) is 109 Å². The Morgan fingerprint density at radius 2 is 0.968 bits per heavy atom. The number of allylic oxidation sites excluding steroid dienone is 8. The second-order valence-corrected chi connectivity index (χ2v) is 14.6. The maximum Gasteiger partial charge on any atom is -1.00 e. The quantitative estimate of drug-likeness (QED) is 0.440. The van der Waals surface area contributed by atoms with Crippen LogP contribution in [-0.2, 0) is 23.2 Å². The van der Waals surface area contributed by atoms with Crippen LogP contribution in [0.25, 0.3) is 0 Å². The van der Waals surface area contributed by atoms with Crippen LogP contribution in [0.2, 0.25) is 0 Å². The summed E-state index contributed by atoms with van der Waals surface area (Å²) in [5.41, 5.74) is 10.6. The first-order valence-corrected chi connectivity index (χ1v) is 14.3. The van der Waals surface area contributed by atoms with Gasteiger partial charge in [-0.25, -0.2) is 0 Å². The van der Waals surface area contributed by atoms with Crippen molar-refractivity contribution in [1.82, 2.24) is 0 Å². The molecule has 0 aliphatic heterocycles. The molecule has 2 aliphatic rings. The maximum atomic E-state index is 2.51. The summed E-state index contributed by atoms with van der Waals surface area (Å²) in [6.45, 7) is 29.3. The summed E-state index contributed by atoms with van der Waals surface area (Å²) in [7, 11) is 0. The fourth-order valence-electron chi connectivity index (χ4n) is 5.50. The molecule has 0 fully saturated rings. The van der Waals surface area contributed by atoms with Crippen LogP contribution in [0, 0.1) is 22.7 Å². The standard InChI is InChI=1S/2C14H23.2ClH.Zr/c2*1-7-11(3)14(5,6)13-9-8-10(2)12(13)4;;;/h2*11H,7-8H2,1-6H3;2*1H;/q;;;;+2/p-2. The van der Waals surface area contributed by atoms with Crippen molar-refractivity contribution in [2.75, 3.05) is 0 Å². The van der Waals surface area contributed by atoms with Crippen molar-refractivity contribution in [1.29, 1.82) is 0 Å². The maximum absolute atomic E-state index is 2.51. The van der Waals surface area contributed by atoms with Gasteiger partial charge in [0.05, 0.1) is 0 Å². The molecule has 0 nitrogen and oxygen atoms in total. The Hall–Kier alpha value is 0.423. The number of halogens is 2. The first-order chi connectivity index (χ1) is 13.3. The van der Waals surface area contributed by atoms with E-state index in [1.54, 1.807) is 33.4 Å². The largest absolute Gasteiger partial charge is 1.00 e. The molecular formula is C28H46Cl2Zr. The van der Waals surface area contributed by atoms with Crippen LogP contribution in [0.3, 0.4) is 0 Å². The van der Waals surface area contributed by atoms with Crippen molar-refractivity contribution in [3.63, 3.8) is 0 Å². The van der Waals surface area contributed by atoms with Crippen molar-refractivity contribution in [2.24, 2.45) is 22.7 Å². The molecule has 2 unspecified atom stereocenters. The normalized spacial score (nSPS) is 19.5. The Labute approximate surface area is 218 Å². The Bertz CT molecular complexity index is 724. The molecule has 2 atom stereocenters. The van der Waals surface area contributed by atoms with E-state index < -0.39 is 23.2 Å². The zero-order chi connectivity index (χ0) is 22.3. The minimum absolute atomic E-state index is 0. The Morgan fingerprint density at radius 3 is 1.23 bits per heavy atom. The molecule has 0 saturated carbocycles.